The molecule has 1 rings (SSSR count). The molecule has 1 aliphatic rings. The Morgan fingerprint density at radius 2 is 2.40 bits per heavy atom. The van der Waals surface area contributed by atoms with Crippen LogP contribution in [-0.2, 0) is 0 Å². The third-order valence-electron chi connectivity index (χ3n) is 2.24. The van der Waals surface area contributed by atoms with E-state index < -0.39 is 5.60 Å². The molecule has 0 aromatic rings. The first-order valence-electron chi connectivity index (χ1n) is 3.85. The molecule has 0 spiro atoms. The Hall–Kier alpha value is -0.120. The lowest BCUT2D eigenvalue weighted by Crippen LogP contribution is -2.40. The zero-order valence-corrected chi connectivity index (χ0v) is 6.51. The zero-order chi connectivity index (χ0) is 7.61. The fourth-order valence-electron chi connectivity index (χ4n) is 1.38. The van der Waals surface area contributed by atoms with Gasteiger partial charge in [-0.25, -0.2) is 0 Å². The molecule has 0 aliphatic carbocycles. The van der Waals surface area contributed by atoms with Crippen molar-refractivity contribution in [1.82, 2.24) is 4.90 Å². The molecular weight excluding hydrogens is 128 g/mol. The number of likely N-dealkylation sites (N-methyl/N-ethyl adjacent to an activating group) is 1. The highest BCUT2D eigenvalue weighted by atomic mass is 16.3. The molecule has 3 heteroatoms. The topological polar surface area (TPSA) is 49.5 Å². The summed E-state index contributed by atoms with van der Waals surface area (Å²) in [7, 11) is 0. The van der Waals surface area contributed by atoms with Gasteiger partial charge in [0, 0.05) is 19.6 Å². The average Bonchev–Trinajstić information content (AvgIpc) is 2.33. The molecule has 0 bridgehead atoms. The summed E-state index contributed by atoms with van der Waals surface area (Å²) < 4.78 is 0. The molecule has 10 heavy (non-hydrogen) atoms. The van der Waals surface area contributed by atoms with Crippen LogP contribution in [0.3, 0.4) is 0 Å². The third-order valence-corrected chi connectivity index (χ3v) is 2.24. The van der Waals surface area contributed by atoms with Gasteiger partial charge < -0.3 is 15.7 Å². The van der Waals surface area contributed by atoms with E-state index in [4.69, 9.17) is 5.73 Å². The lowest BCUT2D eigenvalue weighted by Gasteiger charge is -2.20. The first-order valence-corrected chi connectivity index (χ1v) is 3.85. The quantitative estimate of drug-likeness (QED) is 0.544. The molecule has 1 unspecified atom stereocenters. The third kappa shape index (κ3) is 1.48. The molecule has 0 aromatic carbocycles. The summed E-state index contributed by atoms with van der Waals surface area (Å²) in [4.78, 5) is 2.22. The molecule has 1 saturated heterocycles. The predicted molar refractivity (Wildman–Crippen MR) is 40.7 cm³/mol. The van der Waals surface area contributed by atoms with Crippen molar-refractivity contribution in [2.45, 2.75) is 18.9 Å². The minimum absolute atomic E-state index is 0.392. The number of nitrogens with zero attached hydrogens (tertiary/aromatic N) is 1. The van der Waals surface area contributed by atoms with Crippen LogP contribution in [0.25, 0.3) is 0 Å². The van der Waals surface area contributed by atoms with Crippen LogP contribution in [-0.4, -0.2) is 41.8 Å². The van der Waals surface area contributed by atoms with Crippen LogP contribution in [0.15, 0.2) is 0 Å². The Morgan fingerprint density at radius 1 is 1.70 bits per heavy atom. The van der Waals surface area contributed by atoms with Crippen LogP contribution < -0.4 is 5.73 Å². The zero-order valence-electron chi connectivity index (χ0n) is 6.51. The van der Waals surface area contributed by atoms with Gasteiger partial charge in [0.15, 0.2) is 0 Å². The largest absolute Gasteiger partial charge is 0.387 e. The summed E-state index contributed by atoms with van der Waals surface area (Å²) in [5, 5.41) is 9.63. The van der Waals surface area contributed by atoms with E-state index in [2.05, 4.69) is 11.8 Å². The van der Waals surface area contributed by atoms with Crippen molar-refractivity contribution < 1.29 is 5.11 Å². The van der Waals surface area contributed by atoms with E-state index >= 15 is 0 Å². The second-order valence-corrected chi connectivity index (χ2v) is 3.05. The maximum absolute atomic E-state index is 9.63. The van der Waals surface area contributed by atoms with Crippen LogP contribution in [0, 0.1) is 0 Å². The number of hydrogen-bond donors (Lipinski definition) is 2. The molecule has 1 atom stereocenters. The van der Waals surface area contributed by atoms with Crippen molar-refractivity contribution in [2.75, 3.05) is 26.2 Å². The molecule has 3 N–H and O–H groups in total. The highest BCUT2D eigenvalue weighted by Gasteiger charge is 2.33. The Balaban J connectivity index is 2.41. The second kappa shape index (κ2) is 2.86. The smallest absolute Gasteiger partial charge is 0.0907 e. The van der Waals surface area contributed by atoms with Crippen molar-refractivity contribution in [2.24, 2.45) is 5.73 Å². The first-order chi connectivity index (χ1) is 4.70. The lowest BCUT2D eigenvalue weighted by atomic mass is 10.0. The van der Waals surface area contributed by atoms with E-state index in [1.807, 2.05) is 0 Å². The minimum atomic E-state index is -0.587. The van der Waals surface area contributed by atoms with Gasteiger partial charge in [-0.2, -0.15) is 0 Å². The van der Waals surface area contributed by atoms with Gasteiger partial charge in [0.1, 0.15) is 0 Å². The summed E-state index contributed by atoms with van der Waals surface area (Å²) in [6.45, 7) is 5.25. The summed E-state index contributed by atoms with van der Waals surface area (Å²) in [6.07, 6.45) is 0.831. The standard InChI is InChI=1S/C7H16N2O/c1-2-9-4-3-7(10,5-8)6-9/h10H,2-6,8H2,1H3. The van der Waals surface area contributed by atoms with E-state index in [1.54, 1.807) is 0 Å². The summed E-state index contributed by atoms with van der Waals surface area (Å²) in [6, 6.07) is 0. The fraction of sp³-hybridized carbons (Fsp3) is 1.00. The van der Waals surface area contributed by atoms with Gasteiger partial charge in [-0.15, -0.1) is 0 Å². The Kier molecular flexibility index (Phi) is 2.28. The lowest BCUT2D eigenvalue weighted by molar-refractivity contribution is 0.0588. The van der Waals surface area contributed by atoms with Crippen molar-refractivity contribution >= 4 is 0 Å². The van der Waals surface area contributed by atoms with E-state index in [0.29, 0.717) is 6.54 Å². The molecule has 1 fully saturated rings. The van der Waals surface area contributed by atoms with Crippen LogP contribution in [0.4, 0.5) is 0 Å². The molecule has 60 valence electrons. The SMILES string of the molecule is CCN1CCC(O)(CN)C1. The Bertz CT molecular complexity index is 118. The van der Waals surface area contributed by atoms with Crippen LogP contribution in [0.2, 0.25) is 0 Å². The minimum Gasteiger partial charge on any atom is -0.387 e. The molecule has 0 amide bonds. The normalized spacial score (nSPS) is 35.1. The number of likely N-dealkylation sites (tertiary alicyclic amines) is 1. The number of aliphatic hydroxyl groups is 1. The highest BCUT2D eigenvalue weighted by Crippen LogP contribution is 2.18. The van der Waals surface area contributed by atoms with E-state index in [9.17, 15) is 5.11 Å². The maximum atomic E-state index is 9.63. The second-order valence-electron chi connectivity index (χ2n) is 3.05. The van der Waals surface area contributed by atoms with Gasteiger partial charge in [0.2, 0.25) is 0 Å². The maximum Gasteiger partial charge on any atom is 0.0907 e. The van der Waals surface area contributed by atoms with Crippen molar-refractivity contribution in [3.8, 4) is 0 Å². The van der Waals surface area contributed by atoms with Gasteiger partial charge in [0.05, 0.1) is 5.60 Å². The van der Waals surface area contributed by atoms with E-state index in [0.717, 1.165) is 26.1 Å². The molecular formula is C7H16N2O. The van der Waals surface area contributed by atoms with Gasteiger partial charge in [-0.05, 0) is 13.0 Å². The molecule has 0 saturated carbocycles. The number of hydrogen-bond acceptors (Lipinski definition) is 3. The van der Waals surface area contributed by atoms with Crippen molar-refractivity contribution in [3.05, 3.63) is 0 Å². The molecule has 0 radical (unpaired) electrons. The van der Waals surface area contributed by atoms with Crippen LogP contribution >= 0.6 is 0 Å². The summed E-state index contributed by atoms with van der Waals surface area (Å²) >= 11 is 0. The number of rotatable bonds is 2. The summed E-state index contributed by atoms with van der Waals surface area (Å²) in [5.74, 6) is 0. The van der Waals surface area contributed by atoms with E-state index in [-0.39, 0.29) is 0 Å². The van der Waals surface area contributed by atoms with Gasteiger partial charge in [0.25, 0.3) is 0 Å². The Labute approximate surface area is 61.8 Å². The highest BCUT2D eigenvalue weighted by molar-refractivity contribution is 4.90. The van der Waals surface area contributed by atoms with Gasteiger partial charge in [-0.1, -0.05) is 6.92 Å². The summed E-state index contributed by atoms with van der Waals surface area (Å²) in [5.41, 5.74) is 4.82. The fourth-order valence-corrected chi connectivity index (χ4v) is 1.38. The molecule has 0 aromatic heterocycles. The predicted octanol–water partition coefficient (Wildman–Crippen LogP) is -0.598. The number of nitrogens with two attached hydrogens (primary N) is 1. The van der Waals surface area contributed by atoms with E-state index in [1.165, 1.54) is 0 Å². The first kappa shape index (κ1) is 7.98. The average molecular weight is 144 g/mol. The monoisotopic (exact) mass is 144 g/mol. The number of β-amino-alcohol motifs (C(OH)–C–C–N with tert-alkyl or cyclic N) is 1. The Morgan fingerprint density at radius 3 is 2.70 bits per heavy atom. The van der Waals surface area contributed by atoms with Crippen LogP contribution in [0.5, 0.6) is 0 Å². The van der Waals surface area contributed by atoms with Crippen LogP contribution in [0.1, 0.15) is 13.3 Å². The van der Waals surface area contributed by atoms with Gasteiger partial charge >= 0.3 is 0 Å². The van der Waals surface area contributed by atoms with Crippen molar-refractivity contribution in [1.29, 1.82) is 0 Å². The van der Waals surface area contributed by atoms with Gasteiger partial charge in [-0.3, -0.25) is 0 Å². The molecule has 3 nitrogen and oxygen atoms in total. The molecule has 1 aliphatic heterocycles. The molecule has 1 heterocycles. The van der Waals surface area contributed by atoms with Crippen molar-refractivity contribution in [3.63, 3.8) is 0 Å².